The van der Waals surface area contributed by atoms with Gasteiger partial charge in [0.1, 0.15) is 5.15 Å². The van der Waals surface area contributed by atoms with Gasteiger partial charge in [0.15, 0.2) is 0 Å². The summed E-state index contributed by atoms with van der Waals surface area (Å²) < 4.78 is 0. The van der Waals surface area contributed by atoms with Gasteiger partial charge < -0.3 is 5.73 Å². The van der Waals surface area contributed by atoms with Crippen LogP contribution in [0.3, 0.4) is 0 Å². The summed E-state index contributed by atoms with van der Waals surface area (Å²) >= 11 is 5.61. The van der Waals surface area contributed by atoms with E-state index < -0.39 is 0 Å². The first-order valence-corrected chi connectivity index (χ1v) is 4.00. The SMILES string of the molecule is C=C[C@@H](N)c1cnc(Cl)cc1C#N. The van der Waals surface area contributed by atoms with Crippen LogP contribution in [-0.2, 0) is 0 Å². The molecule has 0 amide bonds. The maximum atomic E-state index is 8.76. The molecular weight excluding hydrogens is 186 g/mol. The van der Waals surface area contributed by atoms with Gasteiger partial charge in [-0.05, 0) is 6.07 Å². The smallest absolute Gasteiger partial charge is 0.130 e. The van der Waals surface area contributed by atoms with E-state index in [1.165, 1.54) is 12.3 Å². The molecule has 13 heavy (non-hydrogen) atoms. The summed E-state index contributed by atoms with van der Waals surface area (Å²) in [5.74, 6) is 0. The fourth-order valence-electron chi connectivity index (χ4n) is 0.930. The van der Waals surface area contributed by atoms with E-state index in [0.29, 0.717) is 11.1 Å². The monoisotopic (exact) mass is 193 g/mol. The lowest BCUT2D eigenvalue weighted by Crippen LogP contribution is -2.09. The molecule has 1 rings (SSSR count). The molecule has 2 N–H and O–H groups in total. The maximum Gasteiger partial charge on any atom is 0.130 e. The van der Waals surface area contributed by atoms with Crippen LogP contribution in [-0.4, -0.2) is 4.98 Å². The Labute approximate surface area is 81.5 Å². The third kappa shape index (κ3) is 2.05. The average Bonchev–Trinajstić information content (AvgIpc) is 2.16. The highest BCUT2D eigenvalue weighted by atomic mass is 35.5. The van der Waals surface area contributed by atoms with Crippen LogP contribution in [0, 0.1) is 11.3 Å². The Morgan fingerprint density at radius 2 is 2.46 bits per heavy atom. The van der Waals surface area contributed by atoms with Crippen molar-refractivity contribution in [2.45, 2.75) is 6.04 Å². The van der Waals surface area contributed by atoms with Gasteiger partial charge in [-0.3, -0.25) is 0 Å². The van der Waals surface area contributed by atoms with Crippen LogP contribution < -0.4 is 5.73 Å². The minimum atomic E-state index is -0.376. The van der Waals surface area contributed by atoms with E-state index in [-0.39, 0.29) is 11.2 Å². The zero-order chi connectivity index (χ0) is 9.84. The molecule has 3 nitrogen and oxygen atoms in total. The summed E-state index contributed by atoms with van der Waals surface area (Å²) in [4.78, 5) is 3.84. The van der Waals surface area contributed by atoms with Crippen molar-refractivity contribution in [1.82, 2.24) is 4.98 Å². The minimum Gasteiger partial charge on any atom is -0.321 e. The number of pyridine rings is 1. The Bertz CT molecular complexity index is 368. The lowest BCUT2D eigenvalue weighted by Gasteiger charge is -2.07. The summed E-state index contributed by atoms with van der Waals surface area (Å²) in [6.07, 6.45) is 3.04. The van der Waals surface area contributed by atoms with Gasteiger partial charge in [-0.1, -0.05) is 17.7 Å². The van der Waals surface area contributed by atoms with Crippen LogP contribution >= 0.6 is 11.6 Å². The van der Waals surface area contributed by atoms with Crippen LogP contribution in [0.2, 0.25) is 5.15 Å². The first-order chi connectivity index (χ1) is 6.19. The second kappa shape index (κ2) is 4.04. The lowest BCUT2D eigenvalue weighted by atomic mass is 10.1. The van der Waals surface area contributed by atoms with Crippen molar-refractivity contribution in [2.75, 3.05) is 0 Å². The van der Waals surface area contributed by atoms with Gasteiger partial charge in [0.05, 0.1) is 17.7 Å². The molecule has 0 aliphatic rings. The summed E-state index contributed by atoms with van der Waals surface area (Å²) in [7, 11) is 0. The molecule has 0 saturated carbocycles. The zero-order valence-corrected chi connectivity index (χ0v) is 7.62. The quantitative estimate of drug-likeness (QED) is 0.576. The van der Waals surface area contributed by atoms with Gasteiger partial charge in [0, 0.05) is 11.8 Å². The van der Waals surface area contributed by atoms with E-state index in [9.17, 15) is 0 Å². The first-order valence-electron chi connectivity index (χ1n) is 3.62. The summed E-state index contributed by atoms with van der Waals surface area (Å²) in [6, 6.07) is 3.11. The topological polar surface area (TPSA) is 62.7 Å². The molecule has 66 valence electrons. The van der Waals surface area contributed by atoms with E-state index >= 15 is 0 Å². The molecule has 0 unspecified atom stereocenters. The van der Waals surface area contributed by atoms with Gasteiger partial charge >= 0.3 is 0 Å². The summed E-state index contributed by atoms with van der Waals surface area (Å²) in [5.41, 5.74) is 6.75. The van der Waals surface area contributed by atoms with E-state index in [2.05, 4.69) is 11.6 Å². The van der Waals surface area contributed by atoms with Crippen molar-refractivity contribution in [3.63, 3.8) is 0 Å². The van der Waals surface area contributed by atoms with Gasteiger partial charge in [0.25, 0.3) is 0 Å². The normalized spacial score (nSPS) is 11.8. The van der Waals surface area contributed by atoms with Crippen LogP contribution in [0.1, 0.15) is 17.2 Å². The maximum absolute atomic E-state index is 8.76. The van der Waals surface area contributed by atoms with Gasteiger partial charge in [-0.2, -0.15) is 5.26 Å². The number of aromatic nitrogens is 1. The molecule has 0 bridgehead atoms. The fraction of sp³-hybridized carbons (Fsp3) is 0.111. The Hall–Kier alpha value is -1.37. The average molecular weight is 194 g/mol. The molecule has 0 aliphatic carbocycles. The molecule has 1 aromatic rings. The highest BCUT2D eigenvalue weighted by Crippen LogP contribution is 2.18. The van der Waals surface area contributed by atoms with Crippen LogP contribution in [0.15, 0.2) is 24.9 Å². The lowest BCUT2D eigenvalue weighted by molar-refractivity contribution is 0.899. The fourth-order valence-corrected chi connectivity index (χ4v) is 1.09. The molecule has 1 heterocycles. The largest absolute Gasteiger partial charge is 0.321 e. The number of hydrogen-bond acceptors (Lipinski definition) is 3. The highest BCUT2D eigenvalue weighted by Gasteiger charge is 2.08. The van der Waals surface area contributed by atoms with E-state index in [1.54, 1.807) is 6.08 Å². The predicted molar refractivity (Wildman–Crippen MR) is 51.1 cm³/mol. The molecule has 0 saturated heterocycles. The molecule has 0 radical (unpaired) electrons. The Balaban J connectivity index is 3.22. The second-order valence-electron chi connectivity index (χ2n) is 2.47. The number of nitrogens with two attached hydrogens (primary N) is 1. The number of halogens is 1. The molecule has 0 spiro atoms. The van der Waals surface area contributed by atoms with Crippen molar-refractivity contribution >= 4 is 11.6 Å². The third-order valence-corrected chi connectivity index (χ3v) is 1.84. The minimum absolute atomic E-state index is 0.288. The third-order valence-electron chi connectivity index (χ3n) is 1.63. The number of hydrogen-bond donors (Lipinski definition) is 1. The molecule has 1 atom stereocenters. The second-order valence-corrected chi connectivity index (χ2v) is 2.85. The molecule has 1 aromatic heterocycles. The van der Waals surface area contributed by atoms with E-state index in [0.717, 1.165) is 0 Å². The van der Waals surface area contributed by atoms with Crippen molar-refractivity contribution in [3.8, 4) is 6.07 Å². The predicted octanol–water partition coefficient (Wildman–Crippen LogP) is 1.79. The summed E-state index contributed by atoms with van der Waals surface area (Å²) in [6.45, 7) is 3.54. The van der Waals surface area contributed by atoms with Crippen molar-refractivity contribution in [1.29, 1.82) is 5.26 Å². The number of nitrogens with zero attached hydrogens (tertiary/aromatic N) is 2. The molecule has 4 heteroatoms. The Kier molecular flexibility index (Phi) is 3.02. The van der Waals surface area contributed by atoms with Crippen LogP contribution in [0.25, 0.3) is 0 Å². The van der Waals surface area contributed by atoms with Crippen LogP contribution in [0.5, 0.6) is 0 Å². The van der Waals surface area contributed by atoms with Crippen molar-refractivity contribution < 1.29 is 0 Å². The van der Waals surface area contributed by atoms with E-state index in [4.69, 9.17) is 22.6 Å². The number of nitriles is 1. The van der Waals surface area contributed by atoms with Crippen molar-refractivity contribution in [2.24, 2.45) is 5.73 Å². The van der Waals surface area contributed by atoms with Gasteiger partial charge in [-0.15, -0.1) is 6.58 Å². The van der Waals surface area contributed by atoms with Gasteiger partial charge in [-0.25, -0.2) is 4.98 Å². The zero-order valence-electron chi connectivity index (χ0n) is 6.87. The Morgan fingerprint density at radius 1 is 1.77 bits per heavy atom. The van der Waals surface area contributed by atoms with Crippen LogP contribution in [0.4, 0.5) is 0 Å². The van der Waals surface area contributed by atoms with E-state index in [1.807, 2.05) is 6.07 Å². The summed E-state index contributed by atoms with van der Waals surface area (Å²) in [5, 5.41) is 9.05. The van der Waals surface area contributed by atoms with Crippen molar-refractivity contribution in [3.05, 3.63) is 41.2 Å². The standard InChI is InChI=1S/C9H8ClN3/c1-2-8(12)7-5-13-9(10)3-6(7)4-11/h2-3,5,8H,1,12H2/t8-/m1/s1. The van der Waals surface area contributed by atoms with Gasteiger partial charge in [0.2, 0.25) is 0 Å². The molecular formula is C9H8ClN3. The Morgan fingerprint density at radius 3 is 3.00 bits per heavy atom. The molecule has 0 aromatic carbocycles. The molecule has 0 aliphatic heterocycles. The molecule has 0 fully saturated rings. The number of rotatable bonds is 2. The first kappa shape index (κ1) is 9.72. The highest BCUT2D eigenvalue weighted by molar-refractivity contribution is 6.29.